The van der Waals surface area contributed by atoms with E-state index in [1.165, 1.54) is 18.2 Å². The molecule has 0 atom stereocenters. The van der Waals surface area contributed by atoms with Gasteiger partial charge in [-0.05, 0) is 18.1 Å². The molecule has 7 heteroatoms. The van der Waals surface area contributed by atoms with Crippen molar-refractivity contribution in [3.63, 3.8) is 0 Å². The Morgan fingerprint density at radius 3 is 2.67 bits per heavy atom. The van der Waals surface area contributed by atoms with Crippen molar-refractivity contribution in [3.8, 4) is 0 Å². The second-order valence-corrected chi connectivity index (χ2v) is 4.45. The van der Waals surface area contributed by atoms with E-state index in [0.717, 1.165) is 6.07 Å². The molecule has 1 aromatic rings. The fourth-order valence-corrected chi connectivity index (χ4v) is 1.77. The van der Waals surface area contributed by atoms with Gasteiger partial charge in [0.1, 0.15) is 0 Å². The van der Waals surface area contributed by atoms with Gasteiger partial charge in [-0.15, -0.1) is 0 Å². The van der Waals surface area contributed by atoms with Crippen molar-refractivity contribution < 1.29 is 22.7 Å². The molecule has 0 aliphatic heterocycles. The van der Waals surface area contributed by atoms with Crippen molar-refractivity contribution >= 4 is 5.91 Å². The molecule has 0 radical (unpaired) electrons. The van der Waals surface area contributed by atoms with Crippen LogP contribution in [0, 0.1) is 0 Å². The monoisotopic (exact) mass is 304 g/mol. The highest BCUT2D eigenvalue weighted by atomic mass is 19.4. The quantitative estimate of drug-likeness (QED) is 0.722. The average Bonchev–Trinajstić information content (AvgIpc) is 2.43. The summed E-state index contributed by atoms with van der Waals surface area (Å²) in [4.78, 5) is 11.4. The van der Waals surface area contributed by atoms with Gasteiger partial charge in [-0.25, -0.2) is 0 Å². The van der Waals surface area contributed by atoms with Gasteiger partial charge in [0.25, 0.3) is 0 Å². The van der Waals surface area contributed by atoms with E-state index >= 15 is 0 Å². The van der Waals surface area contributed by atoms with Gasteiger partial charge in [0.2, 0.25) is 5.91 Å². The van der Waals surface area contributed by atoms with E-state index < -0.39 is 11.7 Å². The number of ether oxygens (including phenoxy) is 1. The van der Waals surface area contributed by atoms with E-state index in [4.69, 9.17) is 4.74 Å². The molecule has 118 valence electrons. The number of rotatable bonds is 8. The first-order valence-corrected chi connectivity index (χ1v) is 6.56. The number of hydrogen-bond donors (Lipinski definition) is 2. The Morgan fingerprint density at radius 1 is 1.29 bits per heavy atom. The first kappa shape index (κ1) is 17.5. The van der Waals surface area contributed by atoms with Gasteiger partial charge in [0.15, 0.2) is 0 Å². The molecule has 0 fully saturated rings. The summed E-state index contributed by atoms with van der Waals surface area (Å²) in [6, 6.07) is 5.31. The zero-order chi connectivity index (χ0) is 15.7. The third kappa shape index (κ3) is 6.59. The highest BCUT2D eigenvalue weighted by molar-refractivity contribution is 5.77. The van der Waals surface area contributed by atoms with E-state index in [-0.39, 0.29) is 24.6 Å². The van der Waals surface area contributed by atoms with Crippen LogP contribution in [0.3, 0.4) is 0 Å². The lowest BCUT2D eigenvalue weighted by Gasteiger charge is -2.13. The summed E-state index contributed by atoms with van der Waals surface area (Å²) in [5.74, 6) is -0.254. The Morgan fingerprint density at radius 2 is 2.00 bits per heavy atom. The number of halogens is 3. The SMILES string of the molecule is COCCCNC(=O)CNCc1ccccc1C(F)(F)F. The minimum atomic E-state index is -4.39. The molecule has 0 aliphatic carbocycles. The molecule has 1 rings (SSSR count). The van der Waals surface area contributed by atoms with Gasteiger partial charge < -0.3 is 15.4 Å². The van der Waals surface area contributed by atoms with Gasteiger partial charge in [-0.2, -0.15) is 13.2 Å². The Hall–Kier alpha value is -1.60. The number of methoxy groups -OCH3 is 1. The van der Waals surface area contributed by atoms with Gasteiger partial charge in [0, 0.05) is 26.8 Å². The molecular formula is C14H19F3N2O2. The fraction of sp³-hybridized carbons (Fsp3) is 0.500. The lowest BCUT2D eigenvalue weighted by molar-refractivity contribution is -0.138. The lowest BCUT2D eigenvalue weighted by Crippen LogP contribution is -2.34. The normalized spacial score (nSPS) is 11.4. The van der Waals surface area contributed by atoms with Gasteiger partial charge in [-0.1, -0.05) is 18.2 Å². The molecule has 4 nitrogen and oxygen atoms in total. The maximum absolute atomic E-state index is 12.8. The number of carbonyl (C=O) groups excluding carboxylic acids is 1. The molecule has 0 aliphatic rings. The topological polar surface area (TPSA) is 50.4 Å². The number of hydrogen-bond acceptors (Lipinski definition) is 3. The van der Waals surface area contributed by atoms with Crippen LogP contribution in [-0.2, 0) is 22.3 Å². The molecule has 1 aromatic carbocycles. The predicted octanol–water partition coefficient (Wildman–Crippen LogP) is 1.95. The largest absolute Gasteiger partial charge is 0.416 e. The highest BCUT2D eigenvalue weighted by Crippen LogP contribution is 2.31. The predicted molar refractivity (Wildman–Crippen MR) is 72.7 cm³/mol. The van der Waals surface area contributed by atoms with Gasteiger partial charge in [-0.3, -0.25) is 4.79 Å². The highest BCUT2D eigenvalue weighted by Gasteiger charge is 2.32. The van der Waals surface area contributed by atoms with Crippen LogP contribution in [0.1, 0.15) is 17.5 Å². The van der Waals surface area contributed by atoms with Gasteiger partial charge >= 0.3 is 6.18 Å². The summed E-state index contributed by atoms with van der Waals surface area (Å²) in [5, 5.41) is 5.36. The maximum atomic E-state index is 12.8. The van der Waals surface area contributed by atoms with Crippen LogP contribution < -0.4 is 10.6 Å². The van der Waals surface area contributed by atoms with E-state index in [2.05, 4.69) is 10.6 Å². The first-order chi connectivity index (χ1) is 9.95. The third-order valence-electron chi connectivity index (χ3n) is 2.77. The second kappa shape index (κ2) is 8.63. The molecule has 0 saturated heterocycles. The van der Waals surface area contributed by atoms with E-state index in [9.17, 15) is 18.0 Å². The van der Waals surface area contributed by atoms with Crippen molar-refractivity contribution in [3.05, 3.63) is 35.4 Å². The summed E-state index contributed by atoms with van der Waals surface area (Å²) in [7, 11) is 1.57. The molecule has 2 N–H and O–H groups in total. The van der Waals surface area contributed by atoms with Gasteiger partial charge in [0.05, 0.1) is 12.1 Å². The number of alkyl halides is 3. The van der Waals surface area contributed by atoms with Crippen molar-refractivity contribution in [2.24, 2.45) is 0 Å². The van der Waals surface area contributed by atoms with Crippen LogP contribution >= 0.6 is 0 Å². The summed E-state index contributed by atoms with van der Waals surface area (Å²) in [6.07, 6.45) is -3.69. The van der Waals surface area contributed by atoms with Crippen molar-refractivity contribution in [2.45, 2.75) is 19.1 Å². The Balaban J connectivity index is 2.38. The minimum absolute atomic E-state index is 0.0127. The number of nitrogens with one attached hydrogen (secondary N) is 2. The summed E-state index contributed by atoms with van der Waals surface area (Å²) < 4.78 is 43.1. The molecule has 0 aromatic heterocycles. The zero-order valence-corrected chi connectivity index (χ0v) is 11.8. The second-order valence-electron chi connectivity index (χ2n) is 4.45. The zero-order valence-electron chi connectivity index (χ0n) is 11.8. The minimum Gasteiger partial charge on any atom is -0.385 e. The van der Waals surface area contributed by atoms with Crippen molar-refractivity contribution in [1.82, 2.24) is 10.6 Å². The fourth-order valence-electron chi connectivity index (χ4n) is 1.77. The van der Waals surface area contributed by atoms with E-state index in [1.54, 1.807) is 7.11 Å². The van der Waals surface area contributed by atoms with Crippen LogP contribution in [0.5, 0.6) is 0 Å². The van der Waals surface area contributed by atoms with Crippen molar-refractivity contribution in [1.29, 1.82) is 0 Å². The molecule has 0 saturated carbocycles. The average molecular weight is 304 g/mol. The molecule has 0 unspecified atom stereocenters. The van der Waals surface area contributed by atoms with E-state index in [0.29, 0.717) is 19.6 Å². The Bertz CT molecular complexity index is 450. The molecular weight excluding hydrogens is 285 g/mol. The van der Waals surface area contributed by atoms with Crippen LogP contribution in [0.25, 0.3) is 0 Å². The third-order valence-corrected chi connectivity index (χ3v) is 2.77. The standard InChI is InChI=1S/C14H19F3N2O2/c1-21-8-4-7-19-13(20)10-18-9-11-5-2-3-6-12(11)14(15,16)17/h2-3,5-6,18H,4,7-10H2,1H3,(H,19,20). The van der Waals surface area contributed by atoms with Crippen LogP contribution in [0.4, 0.5) is 13.2 Å². The molecule has 1 amide bonds. The first-order valence-electron chi connectivity index (χ1n) is 6.56. The Labute approximate surface area is 121 Å². The molecule has 21 heavy (non-hydrogen) atoms. The summed E-state index contributed by atoms with van der Waals surface area (Å²) in [6.45, 7) is 0.987. The lowest BCUT2D eigenvalue weighted by atomic mass is 10.1. The number of carbonyl (C=O) groups is 1. The van der Waals surface area contributed by atoms with Crippen molar-refractivity contribution in [2.75, 3.05) is 26.8 Å². The van der Waals surface area contributed by atoms with Crippen LogP contribution in [-0.4, -0.2) is 32.7 Å². The van der Waals surface area contributed by atoms with Crippen LogP contribution in [0.15, 0.2) is 24.3 Å². The van der Waals surface area contributed by atoms with Crippen LogP contribution in [0.2, 0.25) is 0 Å². The number of benzene rings is 1. The summed E-state index contributed by atoms with van der Waals surface area (Å²) in [5.41, 5.74) is -0.560. The maximum Gasteiger partial charge on any atom is 0.416 e. The Kier molecular flexibility index (Phi) is 7.18. The smallest absolute Gasteiger partial charge is 0.385 e. The number of amides is 1. The molecule has 0 spiro atoms. The molecule has 0 bridgehead atoms. The summed E-state index contributed by atoms with van der Waals surface area (Å²) >= 11 is 0. The van der Waals surface area contributed by atoms with E-state index in [1.807, 2.05) is 0 Å². The molecule has 0 heterocycles.